The van der Waals surface area contributed by atoms with Crippen molar-refractivity contribution in [3.63, 3.8) is 0 Å². The van der Waals surface area contributed by atoms with Gasteiger partial charge < -0.3 is 15.7 Å². The first-order valence-corrected chi connectivity index (χ1v) is 10.7. The van der Waals surface area contributed by atoms with E-state index < -0.39 is 16.0 Å². The number of hydrogen-bond donors (Lipinski definition) is 4. The van der Waals surface area contributed by atoms with Crippen molar-refractivity contribution < 1.29 is 23.1 Å². The first kappa shape index (κ1) is 19.6. The fraction of sp³-hybridized carbons (Fsp3) is 0.556. The van der Waals surface area contributed by atoms with Gasteiger partial charge in [-0.3, -0.25) is 4.79 Å². The summed E-state index contributed by atoms with van der Waals surface area (Å²) in [4.78, 5) is 23.2. The van der Waals surface area contributed by atoms with E-state index >= 15 is 0 Å². The fourth-order valence-electron chi connectivity index (χ4n) is 3.19. The minimum absolute atomic E-state index is 0.0492. The van der Waals surface area contributed by atoms with Gasteiger partial charge in [0.2, 0.25) is 10.0 Å². The molecule has 2 fully saturated rings. The number of aliphatic carboxylic acids is 1. The predicted molar refractivity (Wildman–Crippen MR) is 99.9 cm³/mol. The molecule has 4 N–H and O–H groups in total. The van der Waals surface area contributed by atoms with Crippen molar-refractivity contribution in [3.05, 3.63) is 24.3 Å². The second-order valence-corrected chi connectivity index (χ2v) is 9.07. The molecule has 2 aliphatic rings. The van der Waals surface area contributed by atoms with Gasteiger partial charge in [0.25, 0.3) is 0 Å². The molecule has 8 nitrogen and oxygen atoms in total. The Labute approximate surface area is 158 Å². The topological polar surface area (TPSA) is 125 Å². The zero-order chi connectivity index (χ0) is 19.4. The summed E-state index contributed by atoms with van der Waals surface area (Å²) in [6, 6.07) is 5.59. The highest BCUT2D eigenvalue weighted by atomic mass is 32.2. The molecule has 1 aromatic carbocycles. The van der Waals surface area contributed by atoms with Crippen LogP contribution in [-0.2, 0) is 14.8 Å². The van der Waals surface area contributed by atoms with Crippen molar-refractivity contribution in [1.82, 2.24) is 10.0 Å². The highest BCUT2D eigenvalue weighted by Gasteiger charge is 2.27. The smallest absolute Gasteiger partial charge is 0.319 e. The minimum atomic E-state index is -3.52. The van der Waals surface area contributed by atoms with Crippen molar-refractivity contribution in [1.29, 1.82) is 0 Å². The number of carbonyl (C=O) groups is 2. The molecule has 0 unspecified atom stereocenters. The van der Waals surface area contributed by atoms with E-state index in [9.17, 15) is 18.0 Å². The first-order valence-electron chi connectivity index (χ1n) is 9.23. The summed E-state index contributed by atoms with van der Waals surface area (Å²) in [5.41, 5.74) is 0.493. The van der Waals surface area contributed by atoms with Crippen LogP contribution in [0.25, 0.3) is 0 Å². The van der Waals surface area contributed by atoms with E-state index in [1.165, 1.54) is 12.1 Å². The molecule has 0 aromatic heterocycles. The molecule has 0 bridgehead atoms. The van der Waals surface area contributed by atoms with E-state index in [0.717, 1.165) is 12.8 Å². The molecule has 148 valence electrons. The maximum atomic E-state index is 12.2. The van der Waals surface area contributed by atoms with E-state index in [4.69, 9.17) is 5.11 Å². The van der Waals surface area contributed by atoms with Crippen LogP contribution in [0.4, 0.5) is 10.5 Å². The number of carboxylic acid groups (broad SMARTS) is 1. The van der Waals surface area contributed by atoms with Gasteiger partial charge in [-0.2, -0.15) is 0 Å². The van der Waals surface area contributed by atoms with E-state index in [2.05, 4.69) is 15.4 Å². The normalized spacial score (nSPS) is 22.8. The third-order valence-electron chi connectivity index (χ3n) is 5.09. The van der Waals surface area contributed by atoms with E-state index in [1.54, 1.807) is 12.1 Å². The Morgan fingerprint density at radius 2 is 1.63 bits per heavy atom. The second kappa shape index (κ2) is 8.26. The number of hydrogen-bond acceptors (Lipinski definition) is 4. The van der Waals surface area contributed by atoms with Crippen LogP contribution in [0, 0.1) is 11.8 Å². The second-order valence-electron chi connectivity index (χ2n) is 7.30. The van der Waals surface area contributed by atoms with Gasteiger partial charge in [-0.25, -0.2) is 17.9 Å². The summed E-state index contributed by atoms with van der Waals surface area (Å²) in [6.45, 7) is 0.467. The Morgan fingerprint density at radius 1 is 1.00 bits per heavy atom. The molecule has 0 radical (unpaired) electrons. The van der Waals surface area contributed by atoms with Crippen LogP contribution in [-0.4, -0.2) is 38.1 Å². The number of benzene rings is 1. The molecule has 2 saturated carbocycles. The van der Waals surface area contributed by atoms with Gasteiger partial charge in [0, 0.05) is 18.3 Å². The molecule has 1 aromatic rings. The van der Waals surface area contributed by atoms with Crippen molar-refractivity contribution in [2.45, 2.75) is 49.5 Å². The summed E-state index contributed by atoms with van der Waals surface area (Å²) in [5.74, 6) is -0.649. The quantitative estimate of drug-likeness (QED) is 0.563. The minimum Gasteiger partial charge on any atom is -0.481 e. The van der Waals surface area contributed by atoms with Crippen LogP contribution in [0.2, 0.25) is 0 Å². The van der Waals surface area contributed by atoms with Crippen molar-refractivity contribution in [2.24, 2.45) is 11.8 Å². The summed E-state index contributed by atoms with van der Waals surface area (Å²) in [7, 11) is -3.52. The molecule has 0 saturated heterocycles. The van der Waals surface area contributed by atoms with Gasteiger partial charge in [0.1, 0.15) is 0 Å². The summed E-state index contributed by atoms with van der Waals surface area (Å²) in [6.07, 6.45) is 4.51. The maximum Gasteiger partial charge on any atom is 0.319 e. The number of urea groups is 1. The van der Waals surface area contributed by atoms with Gasteiger partial charge in [-0.05, 0) is 68.7 Å². The average Bonchev–Trinajstić information content (AvgIpc) is 3.45. The van der Waals surface area contributed by atoms with E-state index in [-0.39, 0.29) is 22.9 Å². The lowest BCUT2D eigenvalue weighted by atomic mass is 9.86. The molecular weight excluding hydrogens is 370 g/mol. The molecule has 0 aliphatic heterocycles. The number of carbonyl (C=O) groups excluding carboxylic acids is 1. The molecule has 0 spiro atoms. The van der Waals surface area contributed by atoms with Gasteiger partial charge in [-0.1, -0.05) is 0 Å². The molecule has 27 heavy (non-hydrogen) atoms. The zero-order valence-electron chi connectivity index (χ0n) is 15.0. The standard InChI is InChI=1S/C18H25N3O5S/c22-17(23)13-3-5-14(6-4-13)20-18(24)21-15-7-9-16(10-8-15)27(25,26)19-11-12-1-2-12/h7-10,12-14,19H,1-6,11H2,(H,22,23)(H2,20,21,24). The fourth-order valence-corrected chi connectivity index (χ4v) is 4.30. The van der Waals surface area contributed by atoms with Gasteiger partial charge in [-0.15, -0.1) is 0 Å². The Balaban J connectivity index is 1.47. The number of amides is 2. The predicted octanol–water partition coefficient (Wildman–Crippen LogP) is 2.14. The number of sulfonamides is 1. The largest absolute Gasteiger partial charge is 0.481 e. The molecule has 2 aliphatic carbocycles. The van der Waals surface area contributed by atoms with E-state index in [0.29, 0.717) is 43.8 Å². The van der Waals surface area contributed by atoms with Crippen LogP contribution < -0.4 is 15.4 Å². The average molecular weight is 395 g/mol. The van der Waals surface area contributed by atoms with Crippen LogP contribution >= 0.6 is 0 Å². The third-order valence-corrected chi connectivity index (χ3v) is 6.53. The molecule has 3 rings (SSSR count). The summed E-state index contributed by atoms with van der Waals surface area (Å²) >= 11 is 0. The number of carboxylic acids is 1. The highest BCUT2D eigenvalue weighted by molar-refractivity contribution is 7.89. The Hall–Kier alpha value is -2.13. The van der Waals surface area contributed by atoms with Crippen LogP contribution in [0.15, 0.2) is 29.2 Å². The van der Waals surface area contributed by atoms with Crippen LogP contribution in [0.5, 0.6) is 0 Å². The van der Waals surface area contributed by atoms with Crippen molar-refractivity contribution >= 4 is 27.7 Å². The first-order chi connectivity index (χ1) is 12.8. The maximum absolute atomic E-state index is 12.2. The van der Waals surface area contributed by atoms with Crippen LogP contribution in [0.3, 0.4) is 0 Å². The van der Waals surface area contributed by atoms with Gasteiger partial charge in [0.15, 0.2) is 0 Å². The van der Waals surface area contributed by atoms with E-state index in [1.807, 2.05) is 0 Å². The molecule has 0 heterocycles. The Kier molecular flexibility index (Phi) is 6.01. The van der Waals surface area contributed by atoms with Crippen LogP contribution in [0.1, 0.15) is 38.5 Å². The summed E-state index contributed by atoms with van der Waals surface area (Å²) < 4.78 is 27.0. The number of anilines is 1. The lowest BCUT2D eigenvalue weighted by molar-refractivity contribution is -0.142. The lowest BCUT2D eigenvalue weighted by Gasteiger charge is -2.26. The van der Waals surface area contributed by atoms with Crippen molar-refractivity contribution in [2.75, 3.05) is 11.9 Å². The third kappa shape index (κ3) is 5.67. The Bertz CT molecular complexity index is 782. The SMILES string of the molecule is O=C(Nc1ccc(S(=O)(=O)NCC2CC2)cc1)NC1CCC(C(=O)O)CC1. The lowest BCUT2D eigenvalue weighted by Crippen LogP contribution is -2.40. The van der Waals surface area contributed by atoms with Crippen molar-refractivity contribution in [3.8, 4) is 0 Å². The Morgan fingerprint density at radius 3 is 2.19 bits per heavy atom. The summed E-state index contributed by atoms with van der Waals surface area (Å²) in [5, 5.41) is 14.5. The van der Waals surface area contributed by atoms with Gasteiger partial charge >= 0.3 is 12.0 Å². The highest BCUT2D eigenvalue weighted by Crippen LogP contribution is 2.28. The molecule has 2 amide bonds. The monoisotopic (exact) mass is 395 g/mol. The molecular formula is C18H25N3O5S. The zero-order valence-corrected chi connectivity index (χ0v) is 15.8. The number of rotatable bonds is 7. The molecule has 0 atom stereocenters. The number of nitrogens with one attached hydrogen (secondary N) is 3. The molecule has 9 heteroatoms. The van der Waals surface area contributed by atoms with Gasteiger partial charge in [0.05, 0.1) is 10.8 Å².